The lowest BCUT2D eigenvalue weighted by atomic mass is 10.1. The van der Waals surface area contributed by atoms with Crippen LogP contribution in [0.3, 0.4) is 0 Å². The van der Waals surface area contributed by atoms with Crippen molar-refractivity contribution in [2.24, 2.45) is 0 Å². The van der Waals surface area contributed by atoms with Crippen molar-refractivity contribution >= 4 is 5.97 Å². The first-order valence-corrected chi connectivity index (χ1v) is 5.22. The lowest BCUT2D eigenvalue weighted by Gasteiger charge is -2.22. The topological polar surface area (TPSA) is 35.5 Å². The maximum absolute atomic E-state index is 11.0. The Morgan fingerprint density at radius 1 is 1.33 bits per heavy atom. The van der Waals surface area contributed by atoms with E-state index in [1.807, 2.05) is 30.3 Å². The van der Waals surface area contributed by atoms with Gasteiger partial charge in [-0.3, -0.25) is 4.79 Å². The minimum Gasteiger partial charge on any atom is -0.490 e. The predicted octanol–water partition coefficient (Wildman–Crippen LogP) is 2.16. The van der Waals surface area contributed by atoms with Crippen LogP contribution in [0.4, 0.5) is 0 Å². The third-order valence-electron chi connectivity index (χ3n) is 2.38. The second-order valence-corrected chi connectivity index (χ2v) is 3.63. The average molecular weight is 206 g/mol. The van der Waals surface area contributed by atoms with Gasteiger partial charge in [0.2, 0.25) is 0 Å². The van der Waals surface area contributed by atoms with E-state index in [1.54, 1.807) is 0 Å². The predicted molar refractivity (Wildman–Crippen MR) is 55.7 cm³/mol. The lowest BCUT2D eigenvalue weighted by molar-refractivity contribution is -0.155. The van der Waals surface area contributed by atoms with Crippen LogP contribution in [0, 0.1) is 0 Å². The molecule has 1 aliphatic rings. The number of para-hydroxylation sites is 1. The number of carbonyl (C=O) groups excluding carboxylic acids is 1. The summed E-state index contributed by atoms with van der Waals surface area (Å²) in [6, 6.07) is 9.56. The molecule has 0 bridgehead atoms. The first kappa shape index (κ1) is 10.0. The van der Waals surface area contributed by atoms with Gasteiger partial charge in [0.25, 0.3) is 0 Å². The molecule has 0 saturated carbocycles. The molecule has 0 aliphatic carbocycles. The molecule has 15 heavy (non-hydrogen) atoms. The normalized spacial score (nSPS) is 20.8. The van der Waals surface area contributed by atoms with Crippen molar-refractivity contribution in [2.75, 3.05) is 6.61 Å². The number of esters is 1. The van der Waals surface area contributed by atoms with Gasteiger partial charge in [-0.05, 0) is 25.0 Å². The van der Waals surface area contributed by atoms with Gasteiger partial charge in [0.15, 0.2) is 0 Å². The van der Waals surface area contributed by atoms with E-state index < -0.39 is 0 Å². The monoisotopic (exact) mass is 206 g/mol. The van der Waals surface area contributed by atoms with Crippen molar-refractivity contribution in [1.82, 2.24) is 0 Å². The highest BCUT2D eigenvalue weighted by molar-refractivity contribution is 5.70. The van der Waals surface area contributed by atoms with Crippen LogP contribution in [0.25, 0.3) is 0 Å². The standard InChI is InChI=1S/C12H14O3/c13-12-8-4-7-11(15-12)9-14-10-5-2-1-3-6-10/h1-3,5-6,11H,4,7-9H2. The smallest absolute Gasteiger partial charge is 0.306 e. The Hall–Kier alpha value is -1.51. The summed E-state index contributed by atoms with van der Waals surface area (Å²) in [4.78, 5) is 11.0. The number of hydrogen-bond acceptors (Lipinski definition) is 3. The third kappa shape index (κ3) is 2.98. The highest BCUT2D eigenvalue weighted by Crippen LogP contribution is 2.16. The summed E-state index contributed by atoms with van der Waals surface area (Å²) in [5.74, 6) is 0.710. The number of rotatable bonds is 3. The zero-order chi connectivity index (χ0) is 10.5. The highest BCUT2D eigenvalue weighted by atomic mass is 16.6. The molecule has 0 aromatic heterocycles. The van der Waals surface area contributed by atoms with Gasteiger partial charge in [0.05, 0.1) is 0 Å². The van der Waals surface area contributed by atoms with Crippen LogP contribution < -0.4 is 4.74 Å². The molecule has 1 unspecified atom stereocenters. The zero-order valence-electron chi connectivity index (χ0n) is 8.52. The molecule has 1 atom stereocenters. The van der Waals surface area contributed by atoms with Crippen molar-refractivity contribution in [3.63, 3.8) is 0 Å². The van der Waals surface area contributed by atoms with Crippen LogP contribution in [0.1, 0.15) is 19.3 Å². The summed E-state index contributed by atoms with van der Waals surface area (Å²) < 4.78 is 10.7. The van der Waals surface area contributed by atoms with Gasteiger partial charge in [-0.15, -0.1) is 0 Å². The van der Waals surface area contributed by atoms with E-state index in [0.717, 1.165) is 18.6 Å². The molecule has 1 aromatic rings. The maximum Gasteiger partial charge on any atom is 0.306 e. The summed E-state index contributed by atoms with van der Waals surface area (Å²) >= 11 is 0. The van der Waals surface area contributed by atoms with E-state index in [1.165, 1.54) is 0 Å². The molecular formula is C12H14O3. The summed E-state index contributed by atoms with van der Waals surface area (Å²) in [6.07, 6.45) is 2.27. The van der Waals surface area contributed by atoms with Crippen molar-refractivity contribution in [3.8, 4) is 5.75 Å². The summed E-state index contributed by atoms with van der Waals surface area (Å²) in [5.41, 5.74) is 0. The average Bonchev–Trinajstić information content (AvgIpc) is 2.28. The fraction of sp³-hybridized carbons (Fsp3) is 0.417. The Balaban J connectivity index is 1.80. The largest absolute Gasteiger partial charge is 0.490 e. The molecule has 0 radical (unpaired) electrons. The molecule has 1 saturated heterocycles. The van der Waals surface area contributed by atoms with Crippen LogP contribution in [0.15, 0.2) is 30.3 Å². The molecular weight excluding hydrogens is 192 g/mol. The van der Waals surface area contributed by atoms with Gasteiger partial charge in [0.1, 0.15) is 18.5 Å². The van der Waals surface area contributed by atoms with Gasteiger partial charge >= 0.3 is 5.97 Å². The Morgan fingerprint density at radius 3 is 2.87 bits per heavy atom. The minimum absolute atomic E-state index is 0.0774. The van der Waals surface area contributed by atoms with Gasteiger partial charge in [-0.1, -0.05) is 18.2 Å². The molecule has 0 spiro atoms. The Kier molecular flexibility index (Phi) is 3.22. The second kappa shape index (κ2) is 4.82. The van der Waals surface area contributed by atoms with Gasteiger partial charge < -0.3 is 9.47 Å². The van der Waals surface area contributed by atoms with E-state index in [-0.39, 0.29) is 12.1 Å². The van der Waals surface area contributed by atoms with Crippen LogP contribution in [-0.4, -0.2) is 18.7 Å². The van der Waals surface area contributed by atoms with E-state index >= 15 is 0 Å². The first-order valence-electron chi connectivity index (χ1n) is 5.22. The summed E-state index contributed by atoms with van der Waals surface area (Å²) in [6.45, 7) is 0.454. The fourth-order valence-electron chi connectivity index (χ4n) is 1.60. The molecule has 1 aromatic carbocycles. The Labute approximate surface area is 89.0 Å². The number of ether oxygens (including phenoxy) is 2. The van der Waals surface area contributed by atoms with Gasteiger partial charge in [0, 0.05) is 6.42 Å². The van der Waals surface area contributed by atoms with Crippen molar-refractivity contribution in [2.45, 2.75) is 25.4 Å². The quantitative estimate of drug-likeness (QED) is 0.711. The molecule has 2 rings (SSSR count). The van der Waals surface area contributed by atoms with Crippen molar-refractivity contribution in [1.29, 1.82) is 0 Å². The molecule has 3 heteroatoms. The maximum atomic E-state index is 11.0. The molecule has 1 fully saturated rings. The summed E-state index contributed by atoms with van der Waals surface area (Å²) in [7, 11) is 0. The van der Waals surface area contributed by atoms with Crippen LogP contribution in [0.5, 0.6) is 5.75 Å². The van der Waals surface area contributed by atoms with Crippen LogP contribution in [0.2, 0.25) is 0 Å². The minimum atomic E-state index is -0.108. The van der Waals surface area contributed by atoms with Gasteiger partial charge in [-0.25, -0.2) is 0 Å². The Bertz CT molecular complexity index is 321. The molecule has 1 aliphatic heterocycles. The summed E-state index contributed by atoms with van der Waals surface area (Å²) in [5, 5.41) is 0. The third-order valence-corrected chi connectivity index (χ3v) is 2.38. The number of benzene rings is 1. The van der Waals surface area contributed by atoms with Crippen molar-refractivity contribution in [3.05, 3.63) is 30.3 Å². The fourth-order valence-corrected chi connectivity index (χ4v) is 1.60. The zero-order valence-corrected chi connectivity index (χ0v) is 8.52. The van der Waals surface area contributed by atoms with E-state index in [9.17, 15) is 4.79 Å². The molecule has 1 heterocycles. The van der Waals surface area contributed by atoms with E-state index in [4.69, 9.17) is 9.47 Å². The second-order valence-electron chi connectivity index (χ2n) is 3.63. The first-order chi connectivity index (χ1) is 7.34. The van der Waals surface area contributed by atoms with Crippen LogP contribution in [-0.2, 0) is 9.53 Å². The Morgan fingerprint density at radius 2 is 2.13 bits per heavy atom. The van der Waals surface area contributed by atoms with Crippen molar-refractivity contribution < 1.29 is 14.3 Å². The van der Waals surface area contributed by atoms with Gasteiger partial charge in [-0.2, -0.15) is 0 Å². The number of hydrogen-bond donors (Lipinski definition) is 0. The molecule has 0 amide bonds. The molecule has 0 N–H and O–H groups in total. The lowest BCUT2D eigenvalue weighted by Crippen LogP contribution is -2.28. The van der Waals surface area contributed by atoms with E-state index in [2.05, 4.69) is 0 Å². The molecule has 3 nitrogen and oxygen atoms in total. The number of cyclic esters (lactones) is 1. The van der Waals surface area contributed by atoms with Crippen LogP contribution >= 0.6 is 0 Å². The SMILES string of the molecule is O=C1CCCC(COc2ccccc2)O1. The highest BCUT2D eigenvalue weighted by Gasteiger charge is 2.20. The molecule has 80 valence electrons. The number of carbonyl (C=O) groups is 1. The van der Waals surface area contributed by atoms with E-state index in [0.29, 0.717) is 13.0 Å².